The molecule has 1 fully saturated rings. The van der Waals surface area contributed by atoms with E-state index >= 15 is 0 Å². The Kier molecular flexibility index (Phi) is 6.22. The second-order valence-electron chi connectivity index (χ2n) is 7.25. The summed E-state index contributed by atoms with van der Waals surface area (Å²) in [6.07, 6.45) is 1.45. The number of nitrogens with one attached hydrogen (secondary N) is 1. The number of carbonyl (C=O) groups is 2. The molecule has 0 unspecified atom stereocenters. The van der Waals surface area contributed by atoms with E-state index in [-0.39, 0.29) is 17.6 Å². The maximum Gasteiger partial charge on any atom is 0.291 e. The number of anilines is 1. The van der Waals surface area contributed by atoms with Crippen molar-refractivity contribution in [3.8, 4) is 0 Å². The number of furan rings is 1. The van der Waals surface area contributed by atoms with Crippen LogP contribution in [0.3, 0.4) is 0 Å². The third-order valence-electron chi connectivity index (χ3n) is 5.07. The summed E-state index contributed by atoms with van der Waals surface area (Å²) in [5.41, 5.74) is 2.08. The van der Waals surface area contributed by atoms with Crippen LogP contribution in [0.15, 0.2) is 53.1 Å². The highest BCUT2D eigenvalue weighted by Crippen LogP contribution is 2.29. The third kappa shape index (κ3) is 4.75. The van der Waals surface area contributed by atoms with Crippen LogP contribution in [0.1, 0.15) is 31.4 Å². The lowest BCUT2D eigenvalue weighted by atomic mass is 10.2. The van der Waals surface area contributed by atoms with E-state index in [1.54, 1.807) is 12.1 Å². The van der Waals surface area contributed by atoms with Crippen LogP contribution in [0.2, 0.25) is 5.02 Å². The molecule has 4 rings (SSSR count). The van der Waals surface area contributed by atoms with Crippen LogP contribution in [-0.2, 0) is 6.54 Å². The molecule has 2 amide bonds. The Bertz CT molecular complexity index is 1020. The minimum absolute atomic E-state index is 0.0159. The number of thiophene rings is 1. The van der Waals surface area contributed by atoms with Crippen molar-refractivity contribution in [3.05, 3.63) is 75.5 Å². The van der Waals surface area contributed by atoms with Crippen LogP contribution < -0.4 is 5.32 Å². The van der Waals surface area contributed by atoms with Crippen molar-refractivity contribution in [2.24, 2.45) is 0 Å². The minimum Gasteiger partial charge on any atom is -0.459 e. The molecule has 0 bridgehead atoms. The van der Waals surface area contributed by atoms with E-state index in [1.807, 2.05) is 42.2 Å². The number of aryl methyl sites for hydroxylation is 1. The van der Waals surface area contributed by atoms with Crippen LogP contribution in [0.5, 0.6) is 0 Å². The fourth-order valence-electron chi connectivity index (χ4n) is 3.44. The summed E-state index contributed by atoms with van der Waals surface area (Å²) >= 11 is 7.25. The number of benzene rings is 1. The van der Waals surface area contributed by atoms with Crippen LogP contribution in [-0.4, -0.2) is 47.8 Å². The molecule has 1 N–H and O–H groups in total. The Morgan fingerprint density at radius 2 is 1.87 bits per heavy atom. The first-order valence-electron chi connectivity index (χ1n) is 9.71. The van der Waals surface area contributed by atoms with Crippen molar-refractivity contribution in [3.63, 3.8) is 0 Å². The summed E-state index contributed by atoms with van der Waals surface area (Å²) in [5.74, 6) is -0.0658. The van der Waals surface area contributed by atoms with Gasteiger partial charge in [-0.3, -0.25) is 14.5 Å². The average molecular weight is 444 g/mol. The van der Waals surface area contributed by atoms with E-state index in [4.69, 9.17) is 16.0 Å². The van der Waals surface area contributed by atoms with Crippen LogP contribution in [0, 0.1) is 6.92 Å². The summed E-state index contributed by atoms with van der Waals surface area (Å²) in [6, 6.07) is 13.0. The van der Waals surface area contributed by atoms with Gasteiger partial charge in [-0.25, -0.2) is 0 Å². The van der Waals surface area contributed by atoms with Gasteiger partial charge in [-0.1, -0.05) is 23.7 Å². The topological polar surface area (TPSA) is 65.8 Å². The maximum absolute atomic E-state index is 13.0. The van der Waals surface area contributed by atoms with E-state index < -0.39 is 0 Å². The first-order chi connectivity index (χ1) is 14.5. The molecule has 156 valence electrons. The Hall–Kier alpha value is -2.61. The Labute approximate surface area is 184 Å². The van der Waals surface area contributed by atoms with Gasteiger partial charge >= 0.3 is 0 Å². The Balaban J connectivity index is 1.34. The molecule has 0 radical (unpaired) electrons. The van der Waals surface area contributed by atoms with Crippen molar-refractivity contribution in [1.29, 1.82) is 0 Å². The standard InChI is InChI=1S/C22H22ClN3O3S/c1-15-13-19(24-21(27)18-3-2-12-29-18)30-20(15)22(28)26-10-8-25(9-11-26)14-16-4-6-17(23)7-5-16/h2-7,12-13H,8-11,14H2,1H3,(H,24,27). The van der Waals surface area contributed by atoms with Gasteiger partial charge in [-0.05, 0) is 48.4 Å². The van der Waals surface area contributed by atoms with Crippen molar-refractivity contribution in [2.75, 3.05) is 31.5 Å². The molecule has 30 heavy (non-hydrogen) atoms. The average Bonchev–Trinajstić information content (AvgIpc) is 3.40. The van der Waals surface area contributed by atoms with Crippen LogP contribution >= 0.6 is 22.9 Å². The smallest absolute Gasteiger partial charge is 0.291 e. The van der Waals surface area contributed by atoms with Gasteiger partial charge in [0.1, 0.15) is 0 Å². The molecule has 1 aromatic carbocycles. The number of rotatable bonds is 5. The number of hydrogen-bond donors (Lipinski definition) is 1. The minimum atomic E-state index is -0.323. The molecule has 0 aliphatic carbocycles. The molecule has 1 aliphatic rings. The van der Waals surface area contributed by atoms with E-state index in [0.717, 1.165) is 30.2 Å². The summed E-state index contributed by atoms with van der Waals surface area (Å²) in [5, 5.41) is 4.17. The van der Waals surface area contributed by atoms with Gasteiger partial charge in [-0.2, -0.15) is 0 Å². The number of amides is 2. The molecule has 3 aromatic rings. The van der Waals surface area contributed by atoms with Gasteiger partial charge in [0.25, 0.3) is 11.8 Å². The predicted octanol–water partition coefficient (Wildman–Crippen LogP) is 4.51. The zero-order valence-corrected chi connectivity index (χ0v) is 18.1. The SMILES string of the molecule is Cc1cc(NC(=O)c2ccco2)sc1C(=O)N1CCN(Cc2ccc(Cl)cc2)CC1. The molecule has 1 saturated heterocycles. The van der Waals surface area contributed by atoms with Crippen LogP contribution in [0.4, 0.5) is 5.00 Å². The highest BCUT2D eigenvalue weighted by molar-refractivity contribution is 7.18. The molecule has 0 spiro atoms. The number of hydrogen-bond acceptors (Lipinski definition) is 5. The van der Waals surface area contributed by atoms with E-state index in [2.05, 4.69) is 10.2 Å². The quantitative estimate of drug-likeness (QED) is 0.630. The van der Waals surface area contributed by atoms with Crippen molar-refractivity contribution >= 4 is 39.8 Å². The fraction of sp³-hybridized carbons (Fsp3) is 0.273. The molecule has 1 aliphatic heterocycles. The number of piperazine rings is 1. The highest BCUT2D eigenvalue weighted by atomic mass is 35.5. The van der Waals surface area contributed by atoms with E-state index in [1.165, 1.54) is 23.2 Å². The third-order valence-corrected chi connectivity index (χ3v) is 6.47. The second-order valence-corrected chi connectivity index (χ2v) is 8.74. The molecule has 8 heteroatoms. The first kappa shape index (κ1) is 20.7. The first-order valence-corrected chi connectivity index (χ1v) is 10.9. The summed E-state index contributed by atoms with van der Waals surface area (Å²) in [6.45, 7) is 5.74. The van der Waals surface area contributed by atoms with Gasteiger partial charge in [0.15, 0.2) is 5.76 Å². The molecular weight excluding hydrogens is 422 g/mol. The number of halogens is 1. The second kappa shape index (κ2) is 9.04. The van der Waals surface area contributed by atoms with Crippen molar-refractivity contribution in [2.45, 2.75) is 13.5 Å². The molecule has 0 atom stereocenters. The van der Waals surface area contributed by atoms with Crippen molar-refractivity contribution < 1.29 is 14.0 Å². The Morgan fingerprint density at radius 3 is 2.53 bits per heavy atom. The normalized spacial score (nSPS) is 14.7. The van der Waals surface area contributed by atoms with Gasteiger partial charge in [0.2, 0.25) is 0 Å². The lowest BCUT2D eigenvalue weighted by molar-refractivity contribution is 0.0632. The van der Waals surface area contributed by atoms with Gasteiger partial charge in [0, 0.05) is 37.7 Å². The summed E-state index contributed by atoms with van der Waals surface area (Å²) < 4.78 is 5.11. The van der Waals surface area contributed by atoms with Crippen molar-refractivity contribution in [1.82, 2.24) is 9.80 Å². The Morgan fingerprint density at radius 1 is 1.13 bits per heavy atom. The number of nitrogens with zero attached hydrogens (tertiary/aromatic N) is 2. The zero-order valence-electron chi connectivity index (χ0n) is 16.6. The molecule has 2 aromatic heterocycles. The lowest BCUT2D eigenvalue weighted by Crippen LogP contribution is -2.48. The van der Waals surface area contributed by atoms with Gasteiger partial charge in [-0.15, -0.1) is 11.3 Å². The fourth-order valence-corrected chi connectivity index (χ4v) is 4.60. The lowest BCUT2D eigenvalue weighted by Gasteiger charge is -2.34. The zero-order chi connectivity index (χ0) is 21.1. The van der Waals surface area contributed by atoms with Gasteiger partial charge < -0.3 is 14.6 Å². The number of carbonyl (C=O) groups excluding carboxylic acids is 2. The largest absolute Gasteiger partial charge is 0.459 e. The van der Waals surface area contributed by atoms with Gasteiger partial charge in [0.05, 0.1) is 16.1 Å². The monoisotopic (exact) mass is 443 g/mol. The van der Waals surface area contributed by atoms with E-state index in [0.29, 0.717) is 23.0 Å². The summed E-state index contributed by atoms with van der Waals surface area (Å²) in [7, 11) is 0. The molecule has 3 heterocycles. The molecular formula is C22H22ClN3O3S. The summed E-state index contributed by atoms with van der Waals surface area (Å²) in [4.78, 5) is 30.1. The predicted molar refractivity (Wildman–Crippen MR) is 118 cm³/mol. The molecule has 0 saturated carbocycles. The highest BCUT2D eigenvalue weighted by Gasteiger charge is 2.25. The maximum atomic E-state index is 13.0. The van der Waals surface area contributed by atoms with Crippen LogP contribution in [0.25, 0.3) is 0 Å². The van der Waals surface area contributed by atoms with E-state index in [9.17, 15) is 9.59 Å². The molecule has 6 nitrogen and oxygen atoms in total.